The van der Waals surface area contributed by atoms with Gasteiger partial charge in [0.25, 0.3) is 0 Å². The first kappa shape index (κ1) is 9.09. The summed E-state index contributed by atoms with van der Waals surface area (Å²) in [6, 6.07) is 0. The van der Waals surface area contributed by atoms with E-state index in [1.54, 1.807) is 0 Å². The van der Waals surface area contributed by atoms with Crippen molar-refractivity contribution in [1.82, 2.24) is 0 Å². The first-order valence-corrected chi connectivity index (χ1v) is 4.87. The Morgan fingerprint density at radius 2 is 1.27 bits per heavy atom. The zero-order valence-corrected chi connectivity index (χ0v) is 8.30. The fourth-order valence-electron chi connectivity index (χ4n) is 2.34. The van der Waals surface area contributed by atoms with Gasteiger partial charge in [0.15, 0.2) is 0 Å². The second-order valence-electron chi connectivity index (χ2n) is 4.57. The van der Waals surface area contributed by atoms with Crippen LogP contribution in [0.15, 0.2) is 0 Å². The van der Waals surface area contributed by atoms with Crippen LogP contribution < -0.4 is 0 Å². The summed E-state index contributed by atoms with van der Waals surface area (Å²) in [5.74, 6) is 4.07. The van der Waals surface area contributed by atoms with Gasteiger partial charge in [0, 0.05) is 0 Å². The van der Waals surface area contributed by atoms with Crippen LogP contribution in [0.3, 0.4) is 0 Å². The molecule has 0 bridgehead atoms. The predicted molar refractivity (Wildman–Crippen MR) is 50.1 cm³/mol. The van der Waals surface area contributed by atoms with E-state index < -0.39 is 0 Å². The summed E-state index contributed by atoms with van der Waals surface area (Å²) >= 11 is 0. The minimum Gasteiger partial charge on any atom is -0.0622 e. The van der Waals surface area contributed by atoms with Crippen molar-refractivity contribution in [3.63, 3.8) is 0 Å². The molecule has 0 nitrogen and oxygen atoms in total. The van der Waals surface area contributed by atoms with Crippen molar-refractivity contribution in [3.05, 3.63) is 6.92 Å². The van der Waals surface area contributed by atoms with Crippen LogP contribution in [0, 0.1) is 36.5 Å². The normalized spacial score (nSPS) is 52.6. The molecule has 0 heterocycles. The smallest absolute Gasteiger partial charge is 0.0357 e. The molecule has 0 spiro atoms. The van der Waals surface area contributed by atoms with Gasteiger partial charge < -0.3 is 0 Å². The highest BCUT2D eigenvalue weighted by atomic mass is 14.4. The van der Waals surface area contributed by atoms with Crippen LogP contribution in [-0.2, 0) is 0 Å². The van der Waals surface area contributed by atoms with E-state index in [4.69, 9.17) is 0 Å². The summed E-state index contributed by atoms with van der Waals surface area (Å²) in [5, 5.41) is 0. The zero-order valence-electron chi connectivity index (χ0n) is 8.30. The highest BCUT2D eigenvalue weighted by molar-refractivity contribution is 4.86. The molecule has 0 aliphatic heterocycles. The van der Waals surface area contributed by atoms with Gasteiger partial charge in [-0.05, 0) is 42.9 Å². The topological polar surface area (TPSA) is 0 Å². The number of rotatable bonds is 0. The molecule has 1 fully saturated rings. The fraction of sp³-hybridized carbons (Fsp3) is 0.909. The van der Waals surface area contributed by atoms with Crippen LogP contribution in [0.1, 0.15) is 34.1 Å². The molecule has 11 heavy (non-hydrogen) atoms. The van der Waals surface area contributed by atoms with Gasteiger partial charge in [0.05, 0.1) is 0 Å². The second-order valence-corrected chi connectivity index (χ2v) is 4.57. The van der Waals surface area contributed by atoms with Crippen LogP contribution in [0.25, 0.3) is 0 Å². The minimum atomic E-state index is 0.675. The van der Waals surface area contributed by atoms with Crippen molar-refractivity contribution in [3.8, 4) is 0 Å². The van der Waals surface area contributed by atoms with Gasteiger partial charge >= 0.3 is 0 Å². The molecule has 4 atom stereocenters. The predicted octanol–water partition coefficient (Wildman–Crippen LogP) is 3.38. The quantitative estimate of drug-likeness (QED) is 0.500. The molecule has 0 aromatic carbocycles. The molecule has 1 rings (SSSR count). The molecular weight excluding hydrogens is 132 g/mol. The Bertz CT molecular complexity index is 114. The van der Waals surface area contributed by atoms with Crippen molar-refractivity contribution >= 4 is 0 Å². The SMILES string of the molecule is [CH2]C1C(C)C(C)CC(C)C1C. The van der Waals surface area contributed by atoms with E-state index in [1.165, 1.54) is 6.42 Å². The van der Waals surface area contributed by atoms with Crippen LogP contribution >= 0.6 is 0 Å². The number of hydrogen-bond acceptors (Lipinski definition) is 0. The fourth-order valence-corrected chi connectivity index (χ4v) is 2.34. The van der Waals surface area contributed by atoms with Gasteiger partial charge in [-0.15, -0.1) is 0 Å². The summed E-state index contributed by atoms with van der Waals surface area (Å²) in [7, 11) is 0. The maximum atomic E-state index is 4.26. The number of hydrogen-bond donors (Lipinski definition) is 0. The lowest BCUT2D eigenvalue weighted by Crippen LogP contribution is -2.33. The third-order valence-corrected chi connectivity index (χ3v) is 3.89. The van der Waals surface area contributed by atoms with E-state index in [-0.39, 0.29) is 0 Å². The zero-order chi connectivity index (χ0) is 8.59. The van der Waals surface area contributed by atoms with Gasteiger partial charge in [-0.2, -0.15) is 0 Å². The molecule has 65 valence electrons. The third-order valence-electron chi connectivity index (χ3n) is 3.89. The molecule has 0 aromatic heterocycles. The Hall–Kier alpha value is 0. The van der Waals surface area contributed by atoms with Crippen molar-refractivity contribution in [1.29, 1.82) is 0 Å². The highest BCUT2D eigenvalue weighted by Gasteiger charge is 2.33. The average Bonchev–Trinajstić information content (AvgIpc) is 1.97. The summed E-state index contributed by atoms with van der Waals surface area (Å²) in [4.78, 5) is 0. The van der Waals surface area contributed by atoms with Gasteiger partial charge in [-0.3, -0.25) is 0 Å². The molecule has 1 radical (unpaired) electrons. The maximum Gasteiger partial charge on any atom is -0.0357 e. The lowest BCUT2D eigenvalue weighted by Gasteiger charge is -2.41. The average molecular weight is 153 g/mol. The van der Waals surface area contributed by atoms with E-state index in [0.29, 0.717) is 5.92 Å². The standard InChI is InChI=1S/C11H21/c1-7-6-8(2)10(4)11(5)9(7)3/h7-11H,5-6H2,1-4H3. The monoisotopic (exact) mass is 153 g/mol. The summed E-state index contributed by atoms with van der Waals surface area (Å²) in [6.45, 7) is 13.7. The molecule has 1 aliphatic carbocycles. The summed E-state index contributed by atoms with van der Waals surface area (Å²) in [6.07, 6.45) is 1.40. The van der Waals surface area contributed by atoms with E-state index in [9.17, 15) is 0 Å². The lowest BCUT2D eigenvalue weighted by atomic mass is 9.65. The van der Waals surface area contributed by atoms with Gasteiger partial charge in [-0.1, -0.05) is 27.7 Å². The van der Waals surface area contributed by atoms with Crippen LogP contribution in [-0.4, -0.2) is 0 Å². The van der Waals surface area contributed by atoms with E-state index >= 15 is 0 Å². The largest absolute Gasteiger partial charge is 0.0622 e. The van der Waals surface area contributed by atoms with Crippen molar-refractivity contribution < 1.29 is 0 Å². The molecule has 0 saturated heterocycles. The lowest BCUT2D eigenvalue weighted by molar-refractivity contribution is 0.102. The Balaban J connectivity index is 2.63. The van der Waals surface area contributed by atoms with E-state index in [0.717, 1.165) is 23.7 Å². The minimum absolute atomic E-state index is 0.675. The third kappa shape index (κ3) is 1.60. The van der Waals surface area contributed by atoms with E-state index in [1.807, 2.05) is 0 Å². The molecule has 0 amide bonds. The maximum absolute atomic E-state index is 4.26. The molecule has 0 aromatic rings. The first-order valence-electron chi connectivity index (χ1n) is 4.87. The molecule has 1 saturated carbocycles. The summed E-state index contributed by atoms with van der Waals surface area (Å²) < 4.78 is 0. The van der Waals surface area contributed by atoms with Gasteiger partial charge in [-0.25, -0.2) is 0 Å². The van der Waals surface area contributed by atoms with Gasteiger partial charge in [0.2, 0.25) is 0 Å². The van der Waals surface area contributed by atoms with Crippen LogP contribution in [0.5, 0.6) is 0 Å². The first-order chi connectivity index (χ1) is 5.04. The van der Waals surface area contributed by atoms with E-state index in [2.05, 4.69) is 34.6 Å². The Morgan fingerprint density at radius 1 is 0.909 bits per heavy atom. The Kier molecular flexibility index (Phi) is 2.61. The highest BCUT2D eigenvalue weighted by Crippen LogP contribution is 2.40. The molecule has 0 heteroatoms. The molecular formula is C11H21. The van der Waals surface area contributed by atoms with Gasteiger partial charge in [0.1, 0.15) is 0 Å². The Labute approximate surface area is 71.4 Å². The van der Waals surface area contributed by atoms with Crippen LogP contribution in [0.4, 0.5) is 0 Å². The molecule has 0 N–H and O–H groups in total. The van der Waals surface area contributed by atoms with Crippen LogP contribution in [0.2, 0.25) is 0 Å². The van der Waals surface area contributed by atoms with Crippen molar-refractivity contribution in [2.45, 2.75) is 34.1 Å². The van der Waals surface area contributed by atoms with Crippen molar-refractivity contribution in [2.24, 2.45) is 29.6 Å². The molecule has 1 aliphatic rings. The second kappa shape index (κ2) is 3.16. The Morgan fingerprint density at radius 3 is 1.64 bits per heavy atom. The summed E-state index contributed by atoms with van der Waals surface area (Å²) in [5.41, 5.74) is 0. The van der Waals surface area contributed by atoms with Crippen molar-refractivity contribution in [2.75, 3.05) is 0 Å². The molecule has 4 unspecified atom stereocenters.